The molecule has 1 saturated heterocycles. The summed E-state index contributed by atoms with van der Waals surface area (Å²) in [6.45, 7) is 5.10. The second-order valence-electron chi connectivity index (χ2n) is 4.10. The molecule has 2 atom stereocenters. The number of rotatable bonds is 3. The first-order valence-electron chi connectivity index (χ1n) is 5.00. The molecule has 0 amide bonds. The molecule has 0 aromatic rings. The van der Waals surface area contributed by atoms with E-state index in [0.29, 0.717) is 5.92 Å². The second kappa shape index (κ2) is 4.83. The summed E-state index contributed by atoms with van der Waals surface area (Å²) in [5.41, 5.74) is 0. The van der Waals surface area contributed by atoms with Gasteiger partial charge in [-0.1, -0.05) is 13.8 Å². The van der Waals surface area contributed by atoms with Gasteiger partial charge in [0.15, 0.2) is 0 Å². The number of aliphatic hydroxyl groups excluding tert-OH is 1. The molecule has 0 bridgehead atoms. The SMILES string of the molecule is CC(C)CC(O)C1CCCCO1. The molecule has 0 aromatic carbocycles. The van der Waals surface area contributed by atoms with Crippen LogP contribution in [0.1, 0.15) is 39.5 Å². The molecule has 0 aliphatic carbocycles. The summed E-state index contributed by atoms with van der Waals surface area (Å²) in [5, 5.41) is 9.72. The van der Waals surface area contributed by atoms with Crippen LogP contribution in [0.15, 0.2) is 0 Å². The van der Waals surface area contributed by atoms with Gasteiger partial charge in [-0.15, -0.1) is 0 Å². The number of aliphatic hydroxyl groups is 1. The third kappa shape index (κ3) is 3.11. The van der Waals surface area contributed by atoms with E-state index in [1.54, 1.807) is 0 Å². The van der Waals surface area contributed by atoms with E-state index in [1.165, 1.54) is 6.42 Å². The van der Waals surface area contributed by atoms with Crippen LogP contribution in [0.2, 0.25) is 0 Å². The summed E-state index contributed by atoms with van der Waals surface area (Å²) in [6.07, 6.45) is 4.13. The van der Waals surface area contributed by atoms with Crippen LogP contribution in [0.5, 0.6) is 0 Å². The molecule has 0 aromatic heterocycles. The van der Waals surface area contributed by atoms with Gasteiger partial charge in [-0.25, -0.2) is 0 Å². The topological polar surface area (TPSA) is 29.5 Å². The Labute approximate surface area is 74.9 Å². The summed E-state index contributed by atoms with van der Waals surface area (Å²) in [5.74, 6) is 0.561. The molecule has 1 heterocycles. The van der Waals surface area contributed by atoms with Crippen LogP contribution in [0, 0.1) is 5.92 Å². The Bertz CT molecular complexity index is 117. The lowest BCUT2D eigenvalue weighted by Gasteiger charge is -2.27. The molecule has 2 heteroatoms. The fraction of sp³-hybridized carbons (Fsp3) is 1.00. The zero-order valence-electron chi connectivity index (χ0n) is 8.12. The van der Waals surface area contributed by atoms with E-state index in [0.717, 1.165) is 25.9 Å². The minimum absolute atomic E-state index is 0.112. The first-order chi connectivity index (χ1) is 5.70. The highest BCUT2D eigenvalue weighted by atomic mass is 16.5. The largest absolute Gasteiger partial charge is 0.390 e. The fourth-order valence-corrected chi connectivity index (χ4v) is 1.70. The average Bonchev–Trinajstić information content (AvgIpc) is 2.05. The van der Waals surface area contributed by atoms with Crippen molar-refractivity contribution in [1.29, 1.82) is 0 Å². The van der Waals surface area contributed by atoms with E-state index in [1.807, 2.05) is 0 Å². The van der Waals surface area contributed by atoms with Crippen LogP contribution in [0.3, 0.4) is 0 Å². The Kier molecular flexibility index (Phi) is 4.02. The van der Waals surface area contributed by atoms with Gasteiger partial charge in [0.25, 0.3) is 0 Å². The first-order valence-corrected chi connectivity index (χ1v) is 5.00. The molecule has 0 spiro atoms. The van der Waals surface area contributed by atoms with E-state index in [-0.39, 0.29) is 12.2 Å². The molecule has 12 heavy (non-hydrogen) atoms. The monoisotopic (exact) mass is 172 g/mol. The van der Waals surface area contributed by atoms with Crippen molar-refractivity contribution in [3.8, 4) is 0 Å². The molecule has 2 unspecified atom stereocenters. The van der Waals surface area contributed by atoms with Crippen molar-refractivity contribution in [2.24, 2.45) is 5.92 Å². The lowest BCUT2D eigenvalue weighted by Crippen LogP contribution is -2.33. The predicted octanol–water partition coefficient (Wildman–Crippen LogP) is 1.96. The zero-order chi connectivity index (χ0) is 8.97. The highest BCUT2D eigenvalue weighted by Gasteiger charge is 2.22. The number of ether oxygens (including phenoxy) is 1. The smallest absolute Gasteiger partial charge is 0.0834 e. The van der Waals surface area contributed by atoms with Gasteiger partial charge in [0.1, 0.15) is 0 Å². The molecule has 1 aliphatic heterocycles. The summed E-state index contributed by atoms with van der Waals surface area (Å²) in [4.78, 5) is 0. The first kappa shape index (κ1) is 10.0. The van der Waals surface area contributed by atoms with E-state index in [4.69, 9.17) is 4.74 Å². The van der Waals surface area contributed by atoms with E-state index >= 15 is 0 Å². The van der Waals surface area contributed by atoms with Crippen LogP contribution in [0.25, 0.3) is 0 Å². The molecule has 2 nitrogen and oxygen atoms in total. The van der Waals surface area contributed by atoms with E-state index in [2.05, 4.69) is 13.8 Å². The van der Waals surface area contributed by atoms with Gasteiger partial charge in [0.05, 0.1) is 12.2 Å². The third-order valence-corrected chi connectivity index (χ3v) is 2.36. The highest BCUT2D eigenvalue weighted by Crippen LogP contribution is 2.19. The average molecular weight is 172 g/mol. The predicted molar refractivity (Wildman–Crippen MR) is 49.1 cm³/mol. The molecule has 1 fully saturated rings. The van der Waals surface area contributed by atoms with Crippen LogP contribution in [-0.4, -0.2) is 23.9 Å². The summed E-state index contributed by atoms with van der Waals surface area (Å²) in [6, 6.07) is 0. The van der Waals surface area contributed by atoms with Crippen LogP contribution in [-0.2, 0) is 4.74 Å². The van der Waals surface area contributed by atoms with Crippen molar-refractivity contribution >= 4 is 0 Å². The van der Waals surface area contributed by atoms with Gasteiger partial charge in [-0.2, -0.15) is 0 Å². The molecular formula is C10H20O2. The lowest BCUT2D eigenvalue weighted by molar-refractivity contribution is -0.0678. The highest BCUT2D eigenvalue weighted by molar-refractivity contribution is 4.73. The number of hydrogen-bond acceptors (Lipinski definition) is 2. The Hall–Kier alpha value is -0.0800. The quantitative estimate of drug-likeness (QED) is 0.705. The minimum Gasteiger partial charge on any atom is -0.390 e. The van der Waals surface area contributed by atoms with Gasteiger partial charge in [-0.3, -0.25) is 0 Å². The summed E-state index contributed by atoms with van der Waals surface area (Å²) in [7, 11) is 0. The van der Waals surface area contributed by atoms with Crippen molar-refractivity contribution in [3.63, 3.8) is 0 Å². The number of hydrogen-bond donors (Lipinski definition) is 1. The fourth-order valence-electron chi connectivity index (χ4n) is 1.70. The van der Waals surface area contributed by atoms with E-state index < -0.39 is 0 Å². The van der Waals surface area contributed by atoms with E-state index in [9.17, 15) is 5.11 Å². The zero-order valence-corrected chi connectivity index (χ0v) is 8.12. The maximum Gasteiger partial charge on any atom is 0.0834 e. The molecule has 0 radical (unpaired) electrons. The Morgan fingerprint density at radius 3 is 2.67 bits per heavy atom. The van der Waals surface area contributed by atoms with Gasteiger partial charge in [-0.05, 0) is 31.6 Å². The summed E-state index contributed by atoms with van der Waals surface area (Å²) < 4.78 is 5.49. The molecule has 0 saturated carbocycles. The normalized spacial score (nSPS) is 27.5. The Morgan fingerprint density at radius 2 is 2.17 bits per heavy atom. The second-order valence-corrected chi connectivity index (χ2v) is 4.10. The Balaban J connectivity index is 2.24. The molecule has 1 aliphatic rings. The van der Waals surface area contributed by atoms with Gasteiger partial charge >= 0.3 is 0 Å². The third-order valence-electron chi connectivity index (χ3n) is 2.36. The van der Waals surface area contributed by atoms with Crippen molar-refractivity contribution in [1.82, 2.24) is 0 Å². The molecule has 1 rings (SSSR count). The van der Waals surface area contributed by atoms with Gasteiger partial charge in [0, 0.05) is 6.61 Å². The minimum atomic E-state index is -0.245. The van der Waals surface area contributed by atoms with Gasteiger partial charge in [0.2, 0.25) is 0 Å². The van der Waals surface area contributed by atoms with Crippen LogP contribution in [0.4, 0.5) is 0 Å². The standard InChI is InChI=1S/C10H20O2/c1-8(2)7-9(11)10-5-3-4-6-12-10/h8-11H,3-7H2,1-2H3. The van der Waals surface area contributed by atoms with Crippen molar-refractivity contribution in [2.75, 3.05) is 6.61 Å². The van der Waals surface area contributed by atoms with Gasteiger partial charge < -0.3 is 9.84 Å². The van der Waals surface area contributed by atoms with Crippen molar-refractivity contribution < 1.29 is 9.84 Å². The van der Waals surface area contributed by atoms with Crippen molar-refractivity contribution in [3.05, 3.63) is 0 Å². The molecule has 1 N–H and O–H groups in total. The maximum absolute atomic E-state index is 9.72. The van der Waals surface area contributed by atoms with Crippen molar-refractivity contribution in [2.45, 2.75) is 51.7 Å². The Morgan fingerprint density at radius 1 is 1.42 bits per heavy atom. The lowest BCUT2D eigenvalue weighted by atomic mass is 9.97. The maximum atomic E-state index is 9.72. The van der Waals surface area contributed by atoms with Crippen LogP contribution < -0.4 is 0 Å². The summed E-state index contributed by atoms with van der Waals surface area (Å²) >= 11 is 0. The molecular weight excluding hydrogens is 152 g/mol. The molecule has 72 valence electrons. The van der Waals surface area contributed by atoms with Crippen LogP contribution >= 0.6 is 0 Å².